The van der Waals surface area contributed by atoms with Crippen LogP contribution in [0.5, 0.6) is 0 Å². The Balaban J connectivity index is 0.00000225. The van der Waals surface area contributed by atoms with Crippen molar-refractivity contribution in [1.29, 1.82) is 0 Å². The van der Waals surface area contributed by atoms with Crippen molar-refractivity contribution in [2.24, 2.45) is 11.7 Å². The summed E-state index contributed by atoms with van der Waals surface area (Å²) in [4.78, 5) is 14.8. The maximum absolute atomic E-state index is 12.7. The van der Waals surface area contributed by atoms with Gasteiger partial charge < -0.3 is 10.6 Å². The molecule has 2 unspecified atom stereocenters. The molecule has 0 radical (unpaired) electrons. The fourth-order valence-corrected chi connectivity index (χ4v) is 5.09. The number of rotatable bonds is 3. The van der Waals surface area contributed by atoms with Crippen molar-refractivity contribution in [3.8, 4) is 0 Å². The largest absolute Gasteiger partial charge is 0.341 e. The van der Waals surface area contributed by atoms with Crippen LogP contribution in [0.1, 0.15) is 25.7 Å². The monoisotopic (exact) mass is 387 g/mol. The second-order valence-corrected chi connectivity index (χ2v) is 8.60. The van der Waals surface area contributed by atoms with E-state index < -0.39 is 10.0 Å². The molecule has 0 aromatic heterocycles. The molecule has 6 nitrogen and oxygen atoms in total. The van der Waals surface area contributed by atoms with Crippen LogP contribution in [0.2, 0.25) is 0 Å². The van der Waals surface area contributed by atoms with Crippen LogP contribution in [0.4, 0.5) is 0 Å². The Kier molecular flexibility index (Phi) is 6.85. The number of sulfonamides is 1. The van der Waals surface area contributed by atoms with E-state index in [1.807, 2.05) is 4.90 Å². The minimum atomic E-state index is -3.49. The number of carbonyl (C=O) groups excluding carboxylic acids is 1. The molecule has 1 aliphatic carbocycles. The van der Waals surface area contributed by atoms with Gasteiger partial charge in [-0.1, -0.05) is 18.2 Å². The van der Waals surface area contributed by atoms with Crippen LogP contribution in [-0.2, 0) is 14.8 Å². The summed E-state index contributed by atoms with van der Waals surface area (Å²) >= 11 is 0. The number of nitrogens with two attached hydrogens (primary N) is 1. The molecule has 0 bridgehead atoms. The molecule has 2 N–H and O–H groups in total. The number of nitrogens with zero attached hydrogens (tertiary/aromatic N) is 2. The summed E-state index contributed by atoms with van der Waals surface area (Å²) in [6.45, 7) is 1.87. The Morgan fingerprint density at radius 1 is 1.04 bits per heavy atom. The SMILES string of the molecule is Cl.NC1CCC(C(=O)N2CCCN(S(=O)(=O)c3ccccc3)CC2)C1. The van der Waals surface area contributed by atoms with Crippen LogP contribution >= 0.6 is 12.4 Å². The predicted molar refractivity (Wildman–Crippen MR) is 99.0 cm³/mol. The van der Waals surface area contributed by atoms with Crippen LogP contribution < -0.4 is 5.73 Å². The maximum atomic E-state index is 12.7. The second kappa shape index (κ2) is 8.49. The summed E-state index contributed by atoms with van der Waals surface area (Å²) in [6.07, 6.45) is 3.17. The first-order valence-electron chi connectivity index (χ1n) is 8.58. The van der Waals surface area contributed by atoms with Gasteiger partial charge in [-0.25, -0.2) is 8.42 Å². The summed E-state index contributed by atoms with van der Waals surface area (Å²) < 4.78 is 26.9. The first-order chi connectivity index (χ1) is 11.5. The smallest absolute Gasteiger partial charge is 0.243 e. The van der Waals surface area contributed by atoms with Gasteiger partial charge in [0.25, 0.3) is 0 Å². The zero-order valence-electron chi connectivity index (χ0n) is 14.2. The van der Waals surface area contributed by atoms with E-state index in [2.05, 4.69) is 0 Å². The van der Waals surface area contributed by atoms with E-state index in [4.69, 9.17) is 5.73 Å². The minimum absolute atomic E-state index is 0. The average Bonchev–Trinajstić information content (AvgIpc) is 2.86. The molecule has 0 spiro atoms. The zero-order valence-corrected chi connectivity index (χ0v) is 15.8. The van der Waals surface area contributed by atoms with Gasteiger partial charge >= 0.3 is 0 Å². The third-order valence-electron chi connectivity index (χ3n) is 4.97. The molecule has 1 aliphatic heterocycles. The van der Waals surface area contributed by atoms with Gasteiger partial charge in [0.05, 0.1) is 4.90 Å². The average molecular weight is 388 g/mol. The number of hydrogen-bond acceptors (Lipinski definition) is 4. The number of halogens is 1. The van der Waals surface area contributed by atoms with E-state index in [9.17, 15) is 13.2 Å². The van der Waals surface area contributed by atoms with Crippen molar-refractivity contribution in [1.82, 2.24) is 9.21 Å². The summed E-state index contributed by atoms with van der Waals surface area (Å²) in [7, 11) is -3.49. The Bertz CT molecular complexity index is 684. The maximum Gasteiger partial charge on any atom is 0.243 e. The van der Waals surface area contributed by atoms with Crippen molar-refractivity contribution in [3.63, 3.8) is 0 Å². The quantitative estimate of drug-likeness (QED) is 0.850. The fourth-order valence-electron chi connectivity index (χ4n) is 3.59. The van der Waals surface area contributed by atoms with Gasteiger partial charge in [-0.05, 0) is 37.8 Å². The van der Waals surface area contributed by atoms with Crippen LogP contribution in [-0.4, -0.2) is 55.8 Å². The molecule has 1 saturated heterocycles. The molecule has 1 saturated carbocycles. The van der Waals surface area contributed by atoms with E-state index in [1.54, 1.807) is 30.3 Å². The molecule has 3 rings (SSSR count). The highest BCUT2D eigenvalue weighted by Crippen LogP contribution is 2.27. The van der Waals surface area contributed by atoms with Gasteiger partial charge in [-0.3, -0.25) is 4.79 Å². The van der Waals surface area contributed by atoms with Crippen molar-refractivity contribution in [3.05, 3.63) is 30.3 Å². The number of benzene rings is 1. The molecule has 140 valence electrons. The van der Waals surface area contributed by atoms with Crippen molar-refractivity contribution in [2.45, 2.75) is 36.6 Å². The lowest BCUT2D eigenvalue weighted by molar-refractivity contribution is -0.135. The number of amides is 1. The Hall–Kier alpha value is -1.15. The van der Waals surface area contributed by atoms with Gasteiger partial charge in [-0.2, -0.15) is 4.31 Å². The highest BCUT2D eigenvalue weighted by molar-refractivity contribution is 7.89. The molecule has 8 heteroatoms. The Morgan fingerprint density at radius 2 is 1.76 bits per heavy atom. The van der Waals surface area contributed by atoms with Crippen molar-refractivity contribution >= 4 is 28.3 Å². The molecule has 25 heavy (non-hydrogen) atoms. The predicted octanol–water partition coefficient (Wildman–Crippen LogP) is 1.46. The highest BCUT2D eigenvalue weighted by atomic mass is 35.5. The summed E-state index contributed by atoms with van der Waals surface area (Å²) in [5.41, 5.74) is 5.91. The first kappa shape index (κ1) is 20.2. The molecular weight excluding hydrogens is 362 g/mol. The van der Waals surface area contributed by atoms with E-state index in [-0.39, 0.29) is 30.3 Å². The van der Waals surface area contributed by atoms with E-state index in [1.165, 1.54) is 4.31 Å². The molecule has 2 aliphatic rings. The van der Waals surface area contributed by atoms with E-state index in [0.29, 0.717) is 37.5 Å². The third kappa shape index (κ3) is 4.53. The molecule has 2 atom stereocenters. The van der Waals surface area contributed by atoms with Crippen LogP contribution in [0.15, 0.2) is 35.2 Å². The Morgan fingerprint density at radius 3 is 2.40 bits per heavy atom. The van der Waals surface area contributed by atoms with Gasteiger partial charge in [0.2, 0.25) is 15.9 Å². The zero-order chi connectivity index (χ0) is 17.2. The standard InChI is InChI=1S/C17H25N3O3S.ClH/c18-15-8-7-14(13-15)17(21)19-9-4-10-20(12-11-19)24(22,23)16-5-2-1-3-6-16;/h1-3,5-6,14-15H,4,7-13,18H2;1H. The second-order valence-electron chi connectivity index (χ2n) is 6.67. The lowest BCUT2D eigenvalue weighted by Crippen LogP contribution is -2.39. The lowest BCUT2D eigenvalue weighted by Gasteiger charge is -2.24. The topological polar surface area (TPSA) is 83.7 Å². The van der Waals surface area contributed by atoms with Crippen LogP contribution in [0.3, 0.4) is 0 Å². The van der Waals surface area contributed by atoms with E-state index >= 15 is 0 Å². The van der Waals surface area contributed by atoms with Crippen LogP contribution in [0, 0.1) is 5.92 Å². The van der Waals surface area contributed by atoms with Crippen molar-refractivity contribution in [2.75, 3.05) is 26.2 Å². The summed E-state index contributed by atoms with van der Waals surface area (Å²) in [6, 6.07) is 8.61. The molecular formula is C17H26ClN3O3S. The summed E-state index contributed by atoms with van der Waals surface area (Å²) in [5, 5.41) is 0. The van der Waals surface area contributed by atoms with Gasteiger partial charge in [0.1, 0.15) is 0 Å². The van der Waals surface area contributed by atoms with Gasteiger partial charge in [0, 0.05) is 38.1 Å². The fraction of sp³-hybridized carbons (Fsp3) is 0.588. The highest BCUT2D eigenvalue weighted by Gasteiger charge is 2.33. The molecule has 1 aromatic carbocycles. The number of carbonyl (C=O) groups is 1. The lowest BCUT2D eigenvalue weighted by atomic mass is 10.1. The number of hydrogen-bond donors (Lipinski definition) is 1. The first-order valence-corrected chi connectivity index (χ1v) is 10.0. The minimum Gasteiger partial charge on any atom is -0.341 e. The third-order valence-corrected chi connectivity index (χ3v) is 6.88. The molecule has 1 heterocycles. The van der Waals surface area contributed by atoms with Crippen molar-refractivity contribution < 1.29 is 13.2 Å². The van der Waals surface area contributed by atoms with E-state index in [0.717, 1.165) is 19.3 Å². The van der Waals surface area contributed by atoms with Gasteiger partial charge in [-0.15, -0.1) is 12.4 Å². The molecule has 1 aromatic rings. The van der Waals surface area contributed by atoms with Gasteiger partial charge in [0.15, 0.2) is 0 Å². The summed E-state index contributed by atoms with van der Waals surface area (Å²) in [5.74, 6) is 0.152. The van der Waals surface area contributed by atoms with Crippen LogP contribution in [0.25, 0.3) is 0 Å². The Labute approximate surface area is 155 Å². The molecule has 2 fully saturated rings. The molecule has 1 amide bonds. The normalized spacial score (nSPS) is 25.2.